The second-order valence-electron chi connectivity index (χ2n) is 2.57. The molecule has 72 valence electrons. The molecule has 13 heavy (non-hydrogen) atoms. The van der Waals surface area contributed by atoms with Gasteiger partial charge in [0.2, 0.25) is 0 Å². The van der Waals surface area contributed by atoms with E-state index in [9.17, 15) is 9.18 Å². The predicted octanol–water partition coefficient (Wildman–Crippen LogP) is 3.36. The van der Waals surface area contributed by atoms with Crippen LogP contribution in [0.2, 0.25) is 0 Å². The number of hydrogen-bond donors (Lipinski definition) is 0. The molecule has 0 N–H and O–H groups in total. The fraction of sp³-hybridized carbons (Fsp3) is 0.364. The van der Waals surface area contributed by atoms with Gasteiger partial charge in [0.1, 0.15) is 5.82 Å². The summed E-state index contributed by atoms with van der Waals surface area (Å²) in [4.78, 5) is 10.8. The molecule has 1 aromatic rings. The molecule has 0 bridgehead atoms. The minimum Gasteiger partial charge on any atom is -0.295 e. The highest BCUT2D eigenvalue weighted by atomic mass is 19.1. The Hall–Kier alpha value is -1.18. The summed E-state index contributed by atoms with van der Waals surface area (Å²) in [5.41, 5.74) is 1.21. The van der Waals surface area contributed by atoms with Crippen LogP contribution in [-0.2, 0) is 0 Å². The van der Waals surface area contributed by atoms with Gasteiger partial charge in [-0.1, -0.05) is 13.8 Å². The third-order valence-corrected chi connectivity index (χ3v) is 1.45. The molecule has 0 atom stereocenters. The zero-order valence-corrected chi connectivity index (χ0v) is 8.52. The van der Waals surface area contributed by atoms with Crippen molar-refractivity contribution in [2.75, 3.05) is 0 Å². The number of ketones is 1. The van der Waals surface area contributed by atoms with Gasteiger partial charge in [-0.2, -0.15) is 0 Å². The molecular formula is C11H15FO. The third-order valence-electron chi connectivity index (χ3n) is 1.45. The summed E-state index contributed by atoms with van der Waals surface area (Å²) in [5.74, 6) is -0.456. The summed E-state index contributed by atoms with van der Waals surface area (Å²) in [6.07, 6.45) is 0. The average molecular weight is 182 g/mol. The average Bonchev–Trinajstić information content (AvgIpc) is 2.06. The molecule has 0 aromatic heterocycles. The predicted molar refractivity (Wildman–Crippen MR) is 52.5 cm³/mol. The summed E-state index contributed by atoms with van der Waals surface area (Å²) < 4.78 is 12.6. The van der Waals surface area contributed by atoms with E-state index >= 15 is 0 Å². The second kappa shape index (κ2) is 5.46. The van der Waals surface area contributed by atoms with Crippen molar-refractivity contribution in [1.82, 2.24) is 0 Å². The Labute approximate surface area is 78.6 Å². The maximum Gasteiger partial charge on any atom is 0.159 e. The molecule has 0 aliphatic heterocycles. The van der Waals surface area contributed by atoms with E-state index in [4.69, 9.17) is 0 Å². The lowest BCUT2D eigenvalue weighted by atomic mass is 10.1. The minimum absolute atomic E-state index is 0.104. The van der Waals surface area contributed by atoms with Crippen molar-refractivity contribution < 1.29 is 9.18 Å². The highest BCUT2D eigenvalue weighted by molar-refractivity contribution is 5.94. The van der Waals surface area contributed by atoms with Gasteiger partial charge in [0.05, 0.1) is 0 Å². The maximum absolute atomic E-state index is 12.6. The molecule has 0 saturated heterocycles. The van der Waals surface area contributed by atoms with Crippen molar-refractivity contribution in [3.63, 3.8) is 0 Å². The Morgan fingerprint density at radius 2 is 1.77 bits per heavy atom. The lowest BCUT2D eigenvalue weighted by Crippen LogP contribution is -1.93. The number of carbonyl (C=O) groups is 1. The quantitative estimate of drug-likeness (QED) is 0.608. The topological polar surface area (TPSA) is 17.1 Å². The summed E-state index contributed by atoms with van der Waals surface area (Å²) in [6.45, 7) is 7.18. The minimum atomic E-state index is -0.352. The fourth-order valence-corrected chi connectivity index (χ4v) is 0.940. The summed E-state index contributed by atoms with van der Waals surface area (Å²) in [6, 6.07) is 4.31. The van der Waals surface area contributed by atoms with Gasteiger partial charge < -0.3 is 0 Å². The maximum atomic E-state index is 12.6. The molecule has 0 spiro atoms. The molecule has 1 nitrogen and oxygen atoms in total. The molecule has 0 aliphatic rings. The molecule has 1 rings (SSSR count). The summed E-state index contributed by atoms with van der Waals surface area (Å²) in [5, 5.41) is 0. The monoisotopic (exact) mass is 182 g/mol. The number of rotatable bonds is 1. The van der Waals surface area contributed by atoms with Gasteiger partial charge in [-0.05, 0) is 37.6 Å². The van der Waals surface area contributed by atoms with Gasteiger partial charge in [-0.15, -0.1) is 0 Å². The van der Waals surface area contributed by atoms with E-state index in [-0.39, 0.29) is 11.6 Å². The van der Waals surface area contributed by atoms with Gasteiger partial charge in [0.15, 0.2) is 5.78 Å². The van der Waals surface area contributed by atoms with E-state index < -0.39 is 0 Å². The molecule has 0 fully saturated rings. The molecule has 2 heteroatoms. The van der Waals surface area contributed by atoms with Crippen molar-refractivity contribution in [2.24, 2.45) is 0 Å². The lowest BCUT2D eigenvalue weighted by Gasteiger charge is -1.97. The molecule has 0 radical (unpaired) electrons. The van der Waals surface area contributed by atoms with Crippen molar-refractivity contribution in [3.05, 3.63) is 35.1 Å². The first-order chi connectivity index (χ1) is 6.09. The highest BCUT2D eigenvalue weighted by Crippen LogP contribution is 2.08. The first-order valence-corrected chi connectivity index (χ1v) is 4.38. The van der Waals surface area contributed by atoms with Crippen LogP contribution in [0.25, 0.3) is 0 Å². The Balaban J connectivity index is 0.000000671. The van der Waals surface area contributed by atoms with E-state index in [0.29, 0.717) is 5.56 Å². The number of benzene rings is 1. The zero-order valence-electron chi connectivity index (χ0n) is 8.52. The molecule has 0 unspecified atom stereocenters. The number of carbonyl (C=O) groups excluding carboxylic acids is 1. The van der Waals surface area contributed by atoms with Gasteiger partial charge >= 0.3 is 0 Å². The third kappa shape index (κ3) is 3.83. The van der Waals surface area contributed by atoms with Crippen LogP contribution in [0.1, 0.15) is 36.7 Å². The van der Waals surface area contributed by atoms with Crippen LogP contribution in [-0.4, -0.2) is 5.78 Å². The normalized spacial score (nSPS) is 8.69. The largest absolute Gasteiger partial charge is 0.295 e. The van der Waals surface area contributed by atoms with Crippen LogP contribution < -0.4 is 0 Å². The molecule has 0 aliphatic carbocycles. The Morgan fingerprint density at radius 1 is 1.23 bits per heavy atom. The lowest BCUT2D eigenvalue weighted by molar-refractivity contribution is 0.101. The molecular weight excluding hydrogens is 167 g/mol. The van der Waals surface area contributed by atoms with Crippen LogP contribution in [0.5, 0.6) is 0 Å². The SMILES string of the molecule is CC.CC(=O)c1cc(C)cc(F)c1. The van der Waals surface area contributed by atoms with Gasteiger partial charge in [-0.3, -0.25) is 4.79 Å². The van der Waals surface area contributed by atoms with Crippen molar-refractivity contribution in [3.8, 4) is 0 Å². The van der Waals surface area contributed by atoms with E-state index in [1.165, 1.54) is 19.1 Å². The van der Waals surface area contributed by atoms with Crippen LogP contribution in [0, 0.1) is 12.7 Å². The zero-order chi connectivity index (χ0) is 10.4. The molecule has 0 amide bonds. The smallest absolute Gasteiger partial charge is 0.159 e. The van der Waals surface area contributed by atoms with Crippen LogP contribution >= 0.6 is 0 Å². The number of halogens is 1. The Morgan fingerprint density at radius 3 is 2.15 bits per heavy atom. The highest BCUT2D eigenvalue weighted by Gasteiger charge is 2.01. The van der Waals surface area contributed by atoms with E-state index in [1.807, 2.05) is 13.8 Å². The molecule has 0 heterocycles. The van der Waals surface area contributed by atoms with Gasteiger partial charge in [0, 0.05) is 5.56 Å². The fourth-order valence-electron chi connectivity index (χ4n) is 0.940. The van der Waals surface area contributed by atoms with Crippen LogP contribution in [0.3, 0.4) is 0 Å². The summed E-state index contributed by atoms with van der Waals surface area (Å²) in [7, 11) is 0. The van der Waals surface area contributed by atoms with Gasteiger partial charge in [-0.25, -0.2) is 4.39 Å². The first-order valence-electron chi connectivity index (χ1n) is 4.38. The molecule has 0 saturated carbocycles. The van der Waals surface area contributed by atoms with Crippen molar-refractivity contribution in [1.29, 1.82) is 0 Å². The Kier molecular flexibility index (Phi) is 4.97. The standard InChI is InChI=1S/C9H9FO.C2H6/c1-6-3-8(7(2)11)5-9(10)4-6;1-2/h3-5H,1-2H3;1-2H3. The van der Waals surface area contributed by atoms with Crippen LogP contribution in [0.15, 0.2) is 18.2 Å². The second-order valence-corrected chi connectivity index (χ2v) is 2.57. The molecule has 1 aromatic carbocycles. The number of aryl methyl sites for hydroxylation is 1. The van der Waals surface area contributed by atoms with Crippen molar-refractivity contribution >= 4 is 5.78 Å². The van der Waals surface area contributed by atoms with E-state index in [1.54, 1.807) is 13.0 Å². The summed E-state index contributed by atoms with van der Waals surface area (Å²) >= 11 is 0. The Bertz CT molecular complexity index is 272. The number of Topliss-reactive ketones (excluding diaryl/α,β-unsaturated/α-hetero) is 1. The van der Waals surface area contributed by atoms with Crippen LogP contribution in [0.4, 0.5) is 4.39 Å². The van der Waals surface area contributed by atoms with E-state index in [0.717, 1.165) is 5.56 Å². The van der Waals surface area contributed by atoms with Gasteiger partial charge in [0.25, 0.3) is 0 Å². The van der Waals surface area contributed by atoms with Crippen molar-refractivity contribution in [2.45, 2.75) is 27.7 Å². The first kappa shape index (κ1) is 11.8. The number of hydrogen-bond acceptors (Lipinski definition) is 1. The van der Waals surface area contributed by atoms with E-state index in [2.05, 4.69) is 0 Å².